The van der Waals surface area contributed by atoms with E-state index in [2.05, 4.69) is 6.92 Å². The molecule has 3 heteroatoms. The van der Waals surface area contributed by atoms with E-state index >= 15 is 0 Å². The maximum absolute atomic E-state index is 11.4. The third-order valence-corrected chi connectivity index (χ3v) is 4.07. The lowest BCUT2D eigenvalue weighted by Crippen LogP contribution is -2.00. The maximum atomic E-state index is 11.4. The molecule has 2 atom stereocenters. The molecular formula is C18H26O3. The van der Waals surface area contributed by atoms with E-state index in [9.17, 15) is 4.79 Å². The van der Waals surface area contributed by atoms with E-state index in [1.807, 2.05) is 25.1 Å². The Morgan fingerprint density at radius 3 is 2.57 bits per heavy atom. The molecule has 1 saturated heterocycles. The van der Waals surface area contributed by atoms with Crippen molar-refractivity contribution in [1.82, 2.24) is 0 Å². The van der Waals surface area contributed by atoms with Gasteiger partial charge in [-0.15, -0.1) is 0 Å². The summed E-state index contributed by atoms with van der Waals surface area (Å²) in [6.07, 6.45) is 7.01. The van der Waals surface area contributed by atoms with Crippen LogP contribution in [0.25, 0.3) is 0 Å². The first kappa shape index (κ1) is 16.0. The van der Waals surface area contributed by atoms with E-state index < -0.39 is 0 Å². The molecule has 0 N–H and O–H groups in total. The number of carbonyl (C=O) groups excluding carboxylic acids is 1. The lowest BCUT2D eigenvalue weighted by molar-refractivity contribution is 0.101. The lowest BCUT2D eigenvalue weighted by atomic mass is 10.1. The Hall–Kier alpha value is -1.35. The number of ether oxygens (including phenoxy) is 2. The number of hydrogen-bond donors (Lipinski definition) is 0. The molecule has 0 spiro atoms. The summed E-state index contributed by atoms with van der Waals surface area (Å²) in [5.41, 5.74) is 1.76. The summed E-state index contributed by atoms with van der Waals surface area (Å²) in [4.78, 5) is 11.4. The monoisotopic (exact) mass is 290 g/mol. The second-order valence-electron chi connectivity index (χ2n) is 5.96. The summed E-state index contributed by atoms with van der Waals surface area (Å²) in [5.74, 6) is 0.964. The van der Waals surface area contributed by atoms with Crippen LogP contribution in [-0.4, -0.2) is 24.6 Å². The Balaban J connectivity index is 1.58. The molecule has 2 rings (SSSR count). The van der Waals surface area contributed by atoms with Gasteiger partial charge < -0.3 is 9.47 Å². The van der Waals surface area contributed by atoms with Crippen molar-refractivity contribution < 1.29 is 14.3 Å². The average molecular weight is 290 g/mol. The largest absolute Gasteiger partial charge is 0.494 e. The number of epoxide rings is 1. The first-order chi connectivity index (χ1) is 10.1. The number of rotatable bonds is 9. The van der Waals surface area contributed by atoms with Gasteiger partial charge in [-0.3, -0.25) is 4.79 Å². The van der Waals surface area contributed by atoms with Crippen molar-refractivity contribution >= 4 is 5.78 Å². The van der Waals surface area contributed by atoms with E-state index in [1.165, 1.54) is 25.7 Å². The van der Waals surface area contributed by atoms with Gasteiger partial charge in [-0.25, -0.2) is 0 Å². The molecule has 0 aromatic heterocycles. The Labute approximate surface area is 127 Å². The normalized spacial score (nSPS) is 20.3. The summed E-state index contributed by atoms with van der Waals surface area (Å²) in [6, 6.07) is 5.68. The minimum atomic E-state index is 0.105. The van der Waals surface area contributed by atoms with Crippen LogP contribution in [-0.2, 0) is 4.74 Å². The van der Waals surface area contributed by atoms with E-state index in [1.54, 1.807) is 6.92 Å². The van der Waals surface area contributed by atoms with Gasteiger partial charge in [0.1, 0.15) is 5.75 Å². The summed E-state index contributed by atoms with van der Waals surface area (Å²) < 4.78 is 11.1. The highest BCUT2D eigenvalue weighted by Gasteiger charge is 2.32. The highest BCUT2D eigenvalue weighted by atomic mass is 16.6. The van der Waals surface area contributed by atoms with Crippen LogP contribution >= 0.6 is 0 Å². The fourth-order valence-corrected chi connectivity index (χ4v) is 2.65. The van der Waals surface area contributed by atoms with E-state index in [4.69, 9.17) is 9.47 Å². The molecule has 1 aromatic rings. The number of unbranched alkanes of at least 4 members (excludes halogenated alkanes) is 3. The quantitative estimate of drug-likeness (QED) is 0.386. The third kappa shape index (κ3) is 5.16. The number of benzene rings is 1. The van der Waals surface area contributed by atoms with E-state index in [0.717, 1.165) is 29.9 Å². The van der Waals surface area contributed by atoms with Crippen molar-refractivity contribution in [3.63, 3.8) is 0 Å². The predicted molar refractivity (Wildman–Crippen MR) is 84.1 cm³/mol. The molecule has 0 bridgehead atoms. The van der Waals surface area contributed by atoms with Crippen molar-refractivity contribution in [2.75, 3.05) is 6.61 Å². The van der Waals surface area contributed by atoms with Gasteiger partial charge in [0.05, 0.1) is 18.8 Å². The van der Waals surface area contributed by atoms with Gasteiger partial charge in [-0.1, -0.05) is 19.3 Å². The predicted octanol–water partition coefficient (Wildman–Crippen LogP) is 4.31. The zero-order valence-electron chi connectivity index (χ0n) is 13.4. The van der Waals surface area contributed by atoms with Crippen LogP contribution in [0.2, 0.25) is 0 Å². The molecule has 21 heavy (non-hydrogen) atoms. The molecule has 0 radical (unpaired) electrons. The molecule has 1 heterocycles. The molecule has 1 aliphatic rings. The topological polar surface area (TPSA) is 38.8 Å². The fraction of sp³-hybridized carbons (Fsp3) is 0.611. The molecule has 0 saturated carbocycles. The number of ketones is 1. The highest BCUT2D eigenvalue weighted by Crippen LogP contribution is 2.26. The summed E-state index contributed by atoms with van der Waals surface area (Å²) in [5, 5.41) is 0. The van der Waals surface area contributed by atoms with E-state index in [0.29, 0.717) is 12.2 Å². The summed E-state index contributed by atoms with van der Waals surface area (Å²) >= 11 is 0. The van der Waals surface area contributed by atoms with Crippen molar-refractivity contribution in [3.8, 4) is 5.75 Å². The smallest absolute Gasteiger partial charge is 0.160 e. The summed E-state index contributed by atoms with van der Waals surface area (Å²) in [6.45, 7) is 6.42. The van der Waals surface area contributed by atoms with Gasteiger partial charge >= 0.3 is 0 Å². The van der Waals surface area contributed by atoms with Crippen LogP contribution < -0.4 is 4.74 Å². The molecular weight excluding hydrogens is 264 g/mol. The maximum Gasteiger partial charge on any atom is 0.160 e. The Bertz CT molecular complexity index is 481. The van der Waals surface area contributed by atoms with Crippen molar-refractivity contribution in [1.29, 1.82) is 0 Å². The second kappa shape index (κ2) is 7.60. The van der Waals surface area contributed by atoms with Crippen LogP contribution in [0.5, 0.6) is 5.75 Å². The Morgan fingerprint density at radius 1 is 1.24 bits per heavy atom. The average Bonchev–Trinajstić information content (AvgIpc) is 3.13. The molecule has 1 aromatic carbocycles. The van der Waals surface area contributed by atoms with Crippen molar-refractivity contribution in [3.05, 3.63) is 29.3 Å². The van der Waals surface area contributed by atoms with Gasteiger partial charge in [0.25, 0.3) is 0 Å². The first-order valence-corrected chi connectivity index (χ1v) is 7.98. The van der Waals surface area contributed by atoms with Crippen LogP contribution in [0.4, 0.5) is 0 Å². The summed E-state index contributed by atoms with van der Waals surface area (Å²) in [7, 11) is 0. The van der Waals surface area contributed by atoms with Crippen LogP contribution in [0, 0.1) is 6.92 Å². The molecule has 3 nitrogen and oxygen atoms in total. The van der Waals surface area contributed by atoms with Gasteiger partial charge in [-0.2, -0.15) is 0 Å². The highest BCUT2D eigenvalue weighted by molar-refractivity contribution is 5.95. The van der Waals surface area contributed by atoms with Crippen molar-refractivity contribution in [2.45, 2.75) is 65.1 Å². The molecule has 0 amide bonds. The fourth-order valence-electron chi connectivity index (χ4n) is 2.65. The minimum absolute atomic E-state index is 0.105. The Morgan fingerprint density at radius 2 is 1.95 bits per heavy atom. The molecule has 2 unspecified atom stereocenters. The third-order valence-electron chi connectivity index (χ3n) is 4.07. The lowest BCUT2D eigenvalue weighted by Gasteiger charge is -2.08. The number of Topliss-reactive ketones (excluding diaryl/α,β-unsaturated/α-hetero) is 1. The van der Waals surface area contributed by atoms with Crippen LogP contribution in [0.15, 0.2) is 18.2 Å². The molecule has 1 fully saturated rings. The van der Waals surface area contributed by atoms with Crippen molar-refractivity contribution in [2.24, 2.45) is 0 Å². The van der Waals surface area contributed by atoms with E-state index in [-0.39, 0.29) is 5.78 Å². The second-order valence-corrected chi connectivity index (χ2v) is 5.96. The standard InChI is InChI=1S/C18H26O3/c1-13-12-16(9-10-17(13)14(2)19)20-11-7-5-4-6-8-18-15(3)21-18/h9-10,12,15,18H,4-8,11H2,1-3H3. The molecule has 116 valence electrons. The van der Waals surface area contributed by atoms with Gasteiger partial charge in [-0.05, 0) is 57.4 Å². The Kier molecular flexibility index (Phi) is 5.80. The number of hydrogen-bond acceptors (Lipinski definition) is 3. The van der Waals surface area contributed by atoms with Gasteiger partial charge in [0, 0.05) is 5.56 Å². The SMILES string of the molecule is CC(=O)c1ccc(OCCCCCCC2OC2C)cc1C. The van der Waals surface area contributed by atoms with Gasteiger partial charge in [0.15, 0.2) is 5.78 Å². The first-order valence-electron chi connectivity index (χ1n) is 7.98. The van der Waals surface area contributed by atoms with Crippen LogP contribution in [0.1, 0.15) is 61.9 Å². The molecule has 1 aliphatic heterocycles. The minimum Gasteiger partial charge on any atom is -0.494 e. The number of aryl methyl sites for hydroxylation is 1. The van der Waals surface area contributed by atoms with Crippen LogP contribution in [0.3, 0.4) is 0 Å². The number of carbonyl (C=O) groups is 1. The molecule has 0 aliphatic carbocycles. The van der Waals surface area contributed by atoms with Gasteiger partial charge in [0.2, 0.25) is 0 Å². The zero-order chi connectivity index (χ0) is 15.2. The zero-order valence-corrected chi connectivity index (χ0v) is 13.4.